The zero-order valence-corrected chi connectivity index (χ0v) is 12.6. The van der Waals surface area contributed by atoms with Gasteiger partial charge in [0.15, 0.2) is 0 Å². The largest absolute Gasteiger partial charge is 0.347 e. The highest BCUT2D eigenvalue weighted by molar-refractivity contribution is 6.01. The number of nitrogens with zero attached hydrogens (tertiary/aromatic N) is 1. The van der Waals surface area contributed by atoms with Gasteiger partial charge in [-0.25, -0.2) is 0 Å². The number of hydrogen-bond donors (Lipinski definition) is 2. The van der Waals surface area contributed by atoms with Crippen LogP contribution in [0.1, 0.15) is 30.6 Å². The summed E-state index contributed by atoms with van der Waals surface area (Å²) in [6.45, 7) is 3.87. The van der Waals surface area contributed by atoms with E-state index in [-0.39, 0.29) is 23.8 Å². The molecule has 0 bridgehead atoms. The fraction of sp³-hybridized carbons (Fsp3) is 0.438. The first-order chi connectivity index (χ1) is 10.4. The second kappa shape index (κ2) is 5.12. The van der Waals surface area contributed by atoms with Crippen molar-refractivity contribution in [3.8, 4) is 0 Å². The number of piperazine rings is 1. The van der Waals surface area contributed by atoms with Gasteiger partial charge in [-0.05, 0) is 32.4 Å². The first-order valence-electron chi connectivity index (χ1n) is 7.39. The number of fused-ring (bicyclic) bond motifs is 1. The van der Waals surface area contributed by atoms with Crippen LogP contribution in [0.5, 0.6) is 0 Å². The van der Waals surface area contributed by atoms with Crippen molar-refractivity contribution in [2.24, 2.45) is 0 Å². The summed E-state index contributed by atoms with van der Waals surface area (Å²) in [6, 6.07) is 7.88. The van der Waals surface area contributed by atoms with Crippen LogP contribution < -0.4 is 10.6 Å². The fourth-order valence-corrected chi connectivity index (χ4v) is 3.13. The molecular weight excluding hydrogens is 282 g/mol. The molecule has 6 nitrogen and oxygen atoms in total. The molecule has 6 heteroatoms. The fourth-order valence-electron chi connectivity index (χ4n) is 3.13. The van der Waals surface area contributed by atoms with Gasteiger partial charge < -0.3 is 15.5 Å². The van der Waals surface area contributed by atoms with Gasteiger partial charge in [0.2, 0.25) is 11.8 Å². The third-order valence-electron chi connectivity index (χ3n) is 4.25. The van der Waals surface area contributed by atoms with E-state index < -0.39 is 11.6 Å². The molecule has 2 atom stereocenters. The van der Waals surface area contributed by atoms with Gasteiger partial charge >= 0.3 is 0 Å². The van der Waals surface area contributed by atoms with Crippen molar-refractivity contribution >= 4 is 17.7 Å². The Kier molecular flexibility index (Phi) is 3.39. The zero-order chi connectivity index (χ0) is 15.9. The van der Waals surface area contributed by atoms with Crippen LogP contribution in [-0.4, -0.2) is 46.8 Å². The Hall–Kier alpha value is -2.37. The van der Waals surface area contributed by atoms with Crippen LogP contribution in [0.4, 0.5) is 0 Å². The summed E-state index contributed by atoms with van der Waals surface area (Å²) in [6.07, 6.45) is 0.582. The Morgan fingerprint density at radius 1 is 1.27 bits per heavy atom. The average molecular weight is 301 g/mol. The molecular formula is C16H19N3O3. The summed E-state index contributed by atoms with van der Waals surface area (Å²) < 4.78 is 0. The predicted octanol–water partition coefficient (Wildman–Crippen LogP) is 0.294. The maximum atomic E-state index is 12.4. The number of amides is 3. The monoisotopic (exact) mass is 301 g/mol. The molecule has 0 aromatic heterocycles. The van der Waals surface area contributed by atoms with E-state index in [4.69, 9.17) is 0 Å². The van der Waals surface area contributed by atoms with Crippen LogP contribution in [-0.2, 0) is 9.59 Å². The van der Waals surface area contributed by atoms with Crippen molar-refractivity contribution < 1.29 is 14.4 Å². The van der Waals surface area contributed by atoms with Crippen LogP contribution in [0.2, 0.25) is 0 Å². The molecule has 0 radical (unpaired) electrons. The molecule has 116 valence electrons. The van der Waals surface area contributed by atoms with Crippen LogP contribution in [0.25, 0.3) is 0 Å². The molecule has 2 unspecified atom stereocenters. The van der Waals surface area contributed by atoms with Crippen LogP contribution in [0.3, 0.4) is 0 Å². The lowest BCUT2D eigenvalue weighted by molar-refractivity contribution is -0.151. The lowest BCUT2D eigenvalue weighted by atomic mass is 9.96. The highest BCUT2D eigenvalue weighted by Gasteiger charge is 2.51. The number of carbonyl (C=O) groups excluding carboxylic acids is 3. The van der Waals surface area contributed by atoms with E-state index in [9.17, 15) is 14.4 Å². The maximum Gasteiger partial charge on any atom is 0.251 e. The zero-order valence-electron chi connectivity index (χ0n) is 12.6. The van der Waals surface area contributed by atoms with Gasteiger partial charge in [0.05, 0.1) is 6.04 Å². The molecule has 2 fully saturated rings. The summed E-state index contributed by atoms with van der Waals surface area (Å²) in [5.41, 5.74) is -0.338. The lowest BCUT2D eigenvalue weighted by Gasteiger charge is -2.40. The summed E-state index contributed by atoms with van der Waals surface area (Å²) in [5, 5.41) is 5.62. The molecule has 2 aliphatic rings. The summed E-state index contributed by atoms with van der Waals surface area (Å²) in [7, 11) is 0. The van der Waals surface area contributed by atoms with E-state index in [1.165, 1.54) is 0 Å². The maximum absolute atomic E-state index is 12.4. The van der Waals surface area contributed by atoms with Crippen molar-refractivity contribution in [3.05, 3.63) is 35.9 Å². The quantitative estimate of drug-likeness (QED) is 0.824. The first-order valence-corrected chi connectivity index (χ1v) is 7.39. The highest BCUT2D eigenvalue weighted by Crippen LogP contribution is 2.26. The Morgan fingerprint density at radius 3 is 2.64 bits per heavy atom. The van der Waals surface area contributed by atoms with Gasteiger partial charge in [0.1, 0.15) is 11.6 Å². The van der Waals surface area contributed by atoms with Crippen molar-refractivity contribution in [1.82, 2.24) is 15.5 Å². The topological polar surface area (TPSA) is 78.5 Å². The normalized spacial score (nSPS) is 26.4. The van der Waals surface area contributed by atoms with Gasteiger partial charge in [0.25, 0.3) is 5.91 Å². The number of carbonyl (C=O) groups is 3. The second-order valence-electron chi connectivity index (χ2n) is 6.29. The molecule has 2 heterocycles. The van der Waals surface area contributed by atoms with Crippen molar-refractivity contribution in [3.63, 3.8) is 0 Å². The molecule has 0 aliphatic carbocycles. The molecule has 0 saturated carbocycles. The minimum Gasteiger partial charge on any atom is -0.347 e. The van der Waals surface area contributed by atoms with E-state index in [0.717, 1.165) is 0 Å². The molecule has 2 N–H and O–H groups in total. The Labute approximate surface area is 128 Å². The second-order valence-corrected chi connectivity index (χ2v) is 6.29. The van der Waals surface area contributed by atoms with Crippen molar-refractivity contribution in [1.29, 1.82) is 0 Å². The average Bonchev–Trinajstić information content (AvgIpc) is 2.89. The van der Waals surface area contributed by atoms with E-state index in [1.807, 2.05) is 6.07 Å². The van der Waals surface area contributed by atoms with Gasteiger partial charge in [-0.1, -0.05) is 18.2 Å². The van der Waals surface area contributed by atoms with E-state index in [0.29, 0.717) is 18.5 Å². The minimum atomic E-state index is -0.883. The summed E-state index contributed by atoms with van der Waals surface area (Å²) in [4.78, 5) is 38.5. The van der Waals surface area contributed by atoms with E-state index in [2.05, 4.69) is 10.6 Å². The Morgan fingerprint density at radius 2 is 1.95 bits per heavy atom. The van der Waals surface area contributed by atoms with E-state index in [1.54, 1.807) is 43.0 Å². The number of benzene rings is 1. The number of hydrogen-bond acceptors (Lipinski definition) is 3. The highest BCUT2D eigenvalue weighted by atomic mass is 16.2. The molecule has 0 spiro atoms. The predicted molar refractivity (Wildman–Crippen MR) is 80.0 cm³/mol. The number of nitrogens with one attached hydrogen (secondary N) is 2. The Bertz CT molecular complexity index is 627. The number of rotatable bonds is 2. The van der Waals surface area contributed by atoms with Crippen molar-refractivity contribution in [2.45, 2.75) is 37.9 Å². The van der Waals surface area contributed by atoms with Gasteiger partial charge in [0, 0.05) is 12.1 Å². The summed E-state index contributed by atoms with van der Waals surface area (Å²) in [5.74, 6) is -0.536. The molecule has 22 heavy (non-hydrogen) atoms. The molecule has 2 aliphatic heterocycles. The molecule has 1 aromatic carbocycles. The van der Waals surface area contributed by atoms with E-state index >= 15 is 0 Å². The lowest BCUT2D eigenvalue weighted by Crippen LogP contribution is -2.69. The first kappa shape index (κ1) is 14.6. The van der Waals surface area contributed by atoms with Gasteiger partial charge in [-0.2, -0.15) is 0 Å². The molecule has 3 rings (SSSR count). The Balaban J connectivity index is 1.76. The minimum absolute atomic E-state index is 0.103. The van der Waals surface area contributed by atoms with Gasteiger partial charge in [-0.3, -0.25) is 14.4 Å². The van der Waals surface area contributed by atoms with Crippen LogP contribution in [0.15, 0.2) is 30.3 Å². The summed E-state index contributed by atoms with van der Waals surface area (Å²) >= 11 is 0. The third kappa shape index (κ3) is 2.34. The molecule has 2 saturated heterocycles. The van der Waals surface area contributed by atoms with Crippen LogP contribution >= 0.6 is 0 Å². The molecule has 1 aromatic rings. The van der Waals surface area contributed by atoms with Gasteiger partial charge in [-0.15, -0.1) is 0 Å². The SMILES string of the molecule is CC1(C)NC(=O)C2C(NC(=O)c3ccccc3)CCN2C1=O. The standard InChI is InChI=1S/C16H19N3O3/c1-16(2)15(22)19-9-8-11(12(19)14(21)18-16)17-13(20)10-6-4-3-5-7-10/h3-7,11-12H,8-9H2,1-2H3,(H,17,20)(H,18,21). The van der Waals surface area contributed by atoms with Crippen LogP contribution in [0, 0.1) is 0 Å². The van der Waals surface area contributed by atoms with Crippen molar-refractivity contribution in [2.75, 3.05) is 6.54 Å². The molecule has 3 amide bonds. The smallest absolute Gasteiger partial charge is 0.251 e. The third-order valence-corrected chi connectivity index (χ3v) is 4.25.